The fourth-order valence-electron chi connectivity index (χ4n) is 2.06. The maximum absolute atomic E-state index is 10.9. The number of nitrogens with one attached hydrogen (secondary N) is 1. The van der Waals surface area contributed by atoms with Crippen LogP contribution in [0.15, 0.2) is 12.2 Å². The minimum Gasteiger partial charge on any atom is -0.481 e. The molecule has 1 saturated heterocycles. The predicted molar refractivity (Wildman–Crippen MR) is 64.1 cm³/mol. The van der Waals surface area contributed by atoms with Crippen LogP contribution in [0.4, 0.5) is 4.79 Å². The van der Waals surface area contributed by atoms with Crippen LogP contribution in [0.3, 0.4) is 0 Å². The van der Waals surface area contributed by atoms with Gasteiger partial charge in [0, 0.05) is 12.5 Å². The fourth-order valence-corrected chi connectivity index (χ4v) is 2.06. The molecule has 0 aromatic rings. The molecule has 3 unspecified atom stereocenters. The van der Waals surface area contributed by atoms with Crippen LogP contribution in [0.1, 0.15) is 13.3 Å². The van der Waals surface area contributed by atoms with Gasteiger partial charge >= 0.3 is 18.1 Å². The highest BCUT2D eigenvalue weighted by Gasteiger charge is 2.41. The molecule has 3 atom stereocenters. The second-order valence-electron chi connectivity index (χ2n) is 4.22. The lowest BCUT2D eigenvalue weighted by Gasteiger charge is -2.19. The Morgan fingerprint density at radius 3 is 2.00 bits per heavy atom. The van der Waals surface area contributed by atoms with Crippen LogP contribution in [0.2, 0.25) is 0 Å². The Balaban J connectivity index is 0.000000711. The van der Waals surface area contributed by atoms with Crippen LogP contribution in [-0.2, 0) is 9.59 Å². The Bertz CT molecular complexity index is 353. The second-order valence-corrected chi connectivity index (χ2v) is 4.22. The molecular formula is C11H17NO7. The Kier molecular flexibility index (Phi) is 6.56. The van der Waals surface area contributed by atoms with Gasteiger partial charge in [-0.1, -0.05) is 12.2 Å². The molecular weight excluding hydrogens is 258 g/mol. The van der Waals surface area contributed by atoms with Gasteiger partial charge in [-0.15, -0.1) is 0 Å². The summed E-state index contributed by atoms with van der Waals surface area (Å²) in [5, 5.41) is 34.4. The standard InChI is InChI=1S/C10H15NO4.CH2O3/c1-5(2)7-4-11-9(10(14)15)6(7)3-8(12)13;2-1(3)4/h6-7,9,11H,1,3-4H2,2H3,(H,12,13)(H,14,15);(H2,2,3,4). The largest absolute Gasteiger partial charge is 0.503 e. The van der Waals surface area contributed by atoms with Crippen LogP contribution < -0.4 is 5.32 Å². The zero-order valence-electron chi connectivity index (χ0n) is 10.4. The topological polar surface area (TPSA) is 144 Å². The Morgan fingerprint density at radius 1 is 1.21 bits per heavy atom. The second kappa shape index (κ2) is 7.37. The van der Waals surface area contributed by atoms with Gasteiger partial charge in [0.25, 0.3) is 0 Å². The lowest BCUT2D eigenvalue weighted by molar-refractivity contribution is -0.142. The van der Waals surface area contributed by atoms with Gasteiger partial charge in [-0.25, -0.2) is 4.79 Å². The van der Waals surface area contributed by atoms with Gasteiger partial charge in [-0.2, -0.15) is 0 Å². The van der Waals surface area contributed by atoms with Gasteiger partial charge in [-0.05, 0) is 12.8 Å². The predicted octanol–water partition coefficient (Wildman–Crippen LogP) is 0.548. The molecule has 5 N–H and O–H groups in total. The minimum absolute atomic E-state index is 0.0674. The third-order valence-corrected chi connectivity index (χ3v) is 2.81. The molecule has 0 spiro atoms. The first-order chi connectivity index (χ1) is 8.66. The van der Waals surface area contributed by atoms with E-state index in [0.29, 0.717) is 6.54 Å². The fraction of sp³-hybridized carbons (Fsp3) is 0.545. The monoisotopic (exact) mass is 275 g/mol. The van der Waals surface area contributed by atoms with E-state index in [1.807, 2.05) is 0 Å². The van der Waals surface area contributed by atoms with Crippen LogP contribution in [0.5, 0.6) is 0 Å². The number of carboxylic acid groups (broad SMARTS) is 4. The van der Waals surface area contributed by atoms with Crippen LogP contribution >= 0.6 is 0 Å². The first kappa shape index (κ1) is 16.9. The summed E-state index contributed by atoms with van der Waals surface area (Å²) in [7, 11) is 0. The molecule has 8 heteroatoms. The molecule has 1 fully saturated rings. The van der Waals surface area contributed by atoms with E-state index in [1.54, 1.807) is 6.92 Å². The zero-order valence-corrected chi connectivity index (χ0v) is 10.4. The summed E-state index contributed by atoms with van der Waals surface area (Å²) in [6.07, 6.45) is -1.97. The van der Waals surface area contributed by atoms with Crippen LogP contribution in [-0.4, -0.2) is 51.1 Å². The van der Waals surface area contributed by atoms with E-state index in [1.165, 1.54) is 0 Å². The van der Waals surface area contributed by atoms with E-state index < -0.39 is 30.1 Å². The molecule has 1 aliphatic rings. The number of hydrogen-bond acceptors (Lipinski definition) is 4. The van der Waals surface area contributed by atoms with Gasteiger partial charge in [-0.3, -0.25) is 9.59 Å². The van der Waals surface area contributed by atoms with Crippen molar-refractivity contribution in [2.24, 2.45) is 11.8 Å². The molecule has 0 saturated carbocycles. The highest BCUT2D eigenvalue weighted by molar-refractivity contribution is 5.76. The molecule has 0 bridgehead atoms. The summed E-state index contributed by atoms with van der Waals surface area (Å²) in [6.45, 7) is 6.05. The number of hydrogen-bond donors (Lipinski definition) is 5. The van der Waals surface area contributed by atoms with Crippen molar-refractivity contribution < 1.29 is 34.8 Å². The molecule has 1 heterocycles. The van der Waals surface area contributed by atoms with E-state index in [-0.39, 0.29) is 12.3 Å². The van der Waals surface area contributed by atoms with Crippen molar-refractivity contribution in [1.29, 1.82) is 0 Å². The summed E-state index contributed by atoms with van der Waals surface area (Å²) >= 11 is 0. The van der Waals surface area contributed by atoms with Crippen molar-refractivity contribution in [3.05, 3.63) is 12.2 Å². The maximum atomic E-state index is 10.9. The van der Waals surface area contributed by atoms with Crippen molar-refractivity contribution in [3.8, 4) is 0 Å². The first-order valence-electron chi connectivity index (χ1n) is 5.42. The van der Waals surface area contributed by atoms with E-state index in [4.69, 9.17) is 25.2 Å². The van der Waals surface area contributed by atoms with Gasteiger partial charge in [0.1, 0.15) is 6.04 Å². The summed E-state index contributed by atoms with van der Waals surface area (Å²) in [4.78, 5) is 30.1. The number of carbonyl (C=O) groups is 3. The SMILES string of the molecule is C=C(C)C1CNC(C(=O)O)C1CC(=O)O.O=C(O)O. The molecule has 1 rings (SSSR count). The van der Waals surface area contributed by atoms with Gasteiger partial charge in [0.15, 0.2) is 0 Å². The molecule has 0 aromatic carbocycles. The molecule has 0 radical (unpaired) electrons. The lowest BCUT2D eigenvalue weighted by Crippen LogP contribution is -2.36. The smallest absolute Gasteiger partial charge is 0.481 e. The van der Waals surface area contributed by atoms with E-state index in [0.717, 1.165) is 5.57 Å². The highest BCUT2D eigenvalue weighted by atomic mass is 16.6. The summed E-state index contributed by atoms with van der Waals surface area (Å²) in [5.41, 5.74) is 0.831. The number of aliphatic carboxylic acids is 2. The van der Waals surface area contributed by atoms with Crippen molar-refractivity contribution >= 4 is 18.1 Å². The Hall–Kier alpha value is -2.09. The van der Waals surface area contributed by atoms with E-state index >= 15 is 0 Å². The molecule has 108 valence electrons. The third kappa shape index (κ3) is 5.87. The number of carboxylic acids is 2. The lowest BCUT2D eigenvalue weighted by atomic mass is 9.84. The van der Waals surface area contributed by atoms with Crippen molar-refractivity contribution in [2.75, 3.05) is 6.54 Å². The quantitative estimate of drug-likeness (QED) is 0.468. The highest BCUT2D eigenvalue weighted by Crippen LogP contribution is 2.30. The van der Waals surface area contributed by atoms with Crippen molar-refractivity contribution in [1.82, 2.24) is 5.32 Å². The van der Waals surface area contributed by atoms with Crippen molar-refractivity contribution in [3.63, 3.8) is 0 Å². The summed E-state index contributed by atoms with van der Waals surface area (Å²) < 4.78 is 0. The molecule has 0 aromatic heterocycles. The van der Waals surface area contributed by atoms with Gasteiger partial charge in [0.05, 0.1) is 6.42 Å². The average molecular weight is 275 g/mol. The summed E-state index contributed by atoms with van der Waals surface area (Å²) in [5.74, 6) is -2.44. The Morgan fingerprint density at radius 2 is 1.68 bits per heavy atom. The van der Waals surface area contributed by atoms with Crippen LogP contribution in [0.25, 0.3) is 0 Å². The molecule has 1 aliphatic heterocycles. The molecule has 0 aliphatic carbocycles. The van der Waals surface area contributed by atoms with Gasteiger partial charge in [0.2, 0.25) is 0 Å². The van der Waals surface area contributed by atoms with Gasteiger partial charge < -0.3 is 25.7 Å². The average Bonchev–Trinajstić information content (AvgIpc) is 2.59. The third-order valence-electron chi connectivity index (χ3n) is 2.81. The minimum atomic E-state index is -1.83. The molecule has 19 heavy (non-hydrogen) atoms. The maximum Gasteiger partial charge on any atom is 0.503 e. The first-order valence-corrected chi connectivity index (χ1v) is 5.42. The van der Waals surface area contributed by atoms with Crippen LogP contribution in [0, 0.1) is 11.8 Å². The number of rotatable bonds is 4. The van der Waals surface area contributed by atoms with Crippen molar-refractivity contribution in [2.45, 2.75) is 19.4 Å². The van der Waals surface area contributed by atoms with E-state index in [9.17, 15) is 9.59 Å². The van der Waals surface area contributed by atoms with E-state index in [2.05, 4.69) is 11.9 Å². The molecule has 8 nitrogen and oxygen atoms in total. The summed E-state index contributed by atoms with van der Waals surface area (Å²) in [6, 6.07) is -0.775. The Labute approximate surface area is 109 Å². The normalized spacial score (nSPS) is 25.0. The molecule has 0 amide bonds. The zero-order chi connectivity index (χ0) is 15.2.